The molecular formula is C12H12Cl2N4O2. The molecule has 0 aliphatic carbocycles. The summed E-state index contributed by atoms with van der Waals surface area (Å²) < 4.78 is 0. The predicted molar refractivity (Wildman–Crippen MR) is 78.4 cm³/mol. The first-order valence-corrected chi connectivity index (χ1v) is 6.67. The number of nitrogens with one attached hydrogen (secondary N) is 2. The Morgan fingerprint density at radius 2 is 2.10 bits per heavy atom. The molecule has 2 aromatic rings. The number of hydrogen-bond donors (Lipinski definition) is 2. The fourth-order valence-corrected chi connectivity index (χ4v) is 2.39. The molecule has 1 atom stereocenters. The van der Waals surface area contributed by atoms with Crippen LogP contribution in [0.15, 0.2) is 24.5 Å². The second kappa shape index (κ2) is 6.11. The van der Waals surface area contributed by atoms with Crippen molar-refractivity contribution in [3.8, 4) is 0 Å². The van der Waals surface area contributed by atoms with E-state index in [1.54, 1.807) is 12.4 Å². The number of anilines is 1. The van der Waals surface area contributed by atoms with Crippen molar-refractivity contribution in [1.29, 1.82) is 0 Å². The number of non-ortho nitro benzene ring substituents is 1. The molecule has 0 bridgehead atoms. The predicted octanol–water partition coefficient (Wildman–Crippen LogP) is 4.19. The number of aromatic amines is 1. The molecule has 106 valence electrons. The van der Waals surface area contributed by atoms with Gasteiger partial charge in [0.15, 0.2) is 0 Å². The number of halogens is 2. The standard InChI is InChI=1S/C12H12Cl2N4O2/c1-2-10(12-15-3-4-16-12)17-11-8(13)5-7(18(19)20)6-9(11)14/h3-6,10,17H,2H2,1H3,(H,15,16). The van der Waals surface area contributed by atoms with E-state index in [-0.39, 0.29) is 21.8 Å². The first kappa shape index (κ1) is 14.6. The molecule has 2 rings (SSSR count). The zero-order valence-electron chi connectivity index (χ0n) is 10.6. The molecule has 0 fully saturated rings. The van der Waals surface area contributed by atoms with Crippen LogP contribution >= 0.6 is 23.2 Å². The van der Waals surface area contributed by atoms with E-state index in [9.17, 15) is 10.1 Å². The molecule has 8 heteroatoms. The van der Waals surface area contributed by atoms with Gasteiger partial charge in [0.2, 0.25) is 0 Å². The van der Waals surface area contributed by atoms with E-state index in [4.69, 9.17) is 23.2 Å². The van der Waals surface area contributed by atoms with Crippen LogP contribution in [0.4, 0.5) is 11.4 Å². The highest BCUT2D eigenvalue weighted by molar-refractivity contribution is 6.39. The molecule has 1 aromatic heterocycles. The third-order valence-electron chi connectivity index (χ3n) is 2.81. The van der Waals surface area contributed by atoms with Gasteiger partial charge in [0, 0.05) is 24.5 Å². The summed E-state index contributed by atoms with van der Waals surface area (Å²) in [5.74, 6) is 0.748. The molecule has 0 amide bonds. The molecule has 0 aliphatic heterocycles. The molecule has 0 saturated heterocycles. The third-order valence-corrected chi connectivity index (χ3v) is 3.41. The summed E-state index contributed by atoms with van der Waals surface area (Å²) in [4.78, 5) is 17.4. The Morgan fingerprint density at radius 3 is 2.55 bits per heavy atom. The minimum atomic E-state index is -0.536. The first-order chi connectivity index (χ1) is 9.52. The van der Waals surface area contributed by atoms with Crippen molar-refractivity contribution in [2.45, 2.75) is 19.4 Å². The van der Waals surface area contributed by atoms with Crippen molar-refractivity contribution < 1.29 is 4.92 Å². The summed E-state index contributed by atoms with van der Waals surface area (Å²) in [6, 6.07) is 2.43. The summed E-state index contributed by atoms with van der Waals surface area (Å²) in [6.07, 6.45) is 4.12. The Bertz CT molecular complexity index is 593. The van der Waals surface area contributed by atoms with Gasteiger partial charge in [-0.15, -0.1) is 0 Å². The molecule has 1 aromatic carbocycles. The Morgan fingerprint density at radius 1 is 1.45 bits per heavy atom. The second-order valence-corrected chi connectivity index (χ2v) is 4.94. The van der Waals surface area contributed by atoms with Gasteiger partial charge in [-0.2, -0.15) is 0 Å². The Labute approximate surface area is 125 Å². The average molecular weight is 315 g/mol. The van der Waals surface area contributed by atoms with Crippen molar-refractivity contribution in [1.82, 2.24) is 9.97 Å². The van der Waals surface area contributed by atoms with Crippen LogP contribution in [-0.4, -0.2) is 14.9 Å². The van der Waals surface area contributed by atoms with Crippen LogP contribution < -0.4 is 5.32 Å². The van der Waals surface area contributed by atoms with Crippen molar-refractivity contribution in [3.05, 3.63) is 50.5 Å². The molecule has 1 heterocycles. The maximum Gasteiger partial charge on any atom is 0.272 e. The second-order valence-electron chi connectivity index (χ2n) is 4.12. The quantitative estimate of drug-likeness (QED) is 0.640. The van der Waals surface area contributed by atoms with E-state index in [0.29, 0.717) is 5.69 Å². The lowest BCUT2D eigenvalue weighted by atomic mass is 10.2. The van der Waals surface area contributed by atoms with Gasteiger partial charge in [0.25, 0.3) is 5.69 Å². The SMILES string of the molecule is CCC(Nc1c(Cl)cc([N+](=O)[O-])cc1Cl)c1ncc[nH]1. The lowest BCUT2D eigenvalue weighted by Crippen LogP contribution is -2.12. The van der Waals surface area contributed by atoms with Crippen molar-refractivity contribution in [2.75, 3.05) is 5.32 Å². The summed E-state index contributed by atoms with van der Waals surface area (Å²) in [7, 11) is 0. The molecule has 0 radical (unpaired) electrons. The average Bonchev–Trinajstić information content (AvgIpc) is 2.91. The molecular weight excluding hydrogens is 303 g/mol. The van der Waals surface area contributed by atoms with Gasteiger partial charge < -0.3 is 10.3 Å². The Hall–Kier alpha value is -1.79. The zero-order chi connectivity index (χ0) is 14.7. The van der Waals surface area contributed by atoms with Crippen LogP contribution in [0.5, 0.6) is 0 Å². The smallest absolute Gasteiger partial charge is 0.272 e. The van der Waals surface area contributed by atoms with E-state index < -0.39 is 4.92 Å². The van der Waals surface area contributed by atoms with Gasteiger partial charge in [-0.05, 0) is 6.42 Å². The van der Waals surface area contributed by atoms with Gasteiger partial charge >= 0.3 is 0 Å². The van der Waals surface area contributed by atoms with Gasteiger partial charge in [0.1, 0.15) is 5.82 Å². The largest absolute Gasteiger partial charge is 0.373 e. The van der Waals surface area contributed by atoms with Crippen LogP contribution in [0.3, 0.4) is 0 Å². The normalized spacial score (nSPS) is 12.2. The highest BCUT2D eigenvalue weighted by Crippen LogP contribution is 2.36. The van der Waals surface area contributed by atoms with Crippen molar-refractivity contribution >= 4 is 34.6 Å². The number of hydrogen-bond acceptors (Lipinski definition) is 4. The minimum absolute atomic E-state index is 0.110. The van der Waals surface area contributed by atoms with Crippen molar-refractivity contribution in [3.63, 3.8) is 0 Å². The fraction of sp³-hybridized carbons (Fsp3) is 0.250. The van der Waals surface area contributed by atoms with Gasteiger partial charge in [-0.3, -0.25) is 10.1 Å². The van der Waals surface area contributed by atoms with Crippen molar-refractivity contribution in [2.24, 2.45) is 0 Å². The molecule has 0 spiro atoms. The van der Waals surface area contributed by atoms with E-state index in [1.807, 2.05) is 6.92 Å². The van der Waals surface area contributed by atoms with E-state index in [0.717, 1.165) is 12.2 Å². The van der Waals surface area contributed by atoms with Crippen LogP contribution in [0.1, 0.15) is 25.2 Å². The van der Waals surface area contributed by atoms with Crippen LogP contribution in [0.25, 0.3) is 0 Å². The maximum absolute atomic E-state index is 10.7. The highest BCUT2D eigenvalue weighted by Gasteiger charge is 2.18. The number of imidazole rings is 1. The number of aromatic nitrogens is 2. The number of nitrogens with zero attached hydrogens (tertiary/aromatic N) is 2. The van der Waals surface area contributed by atoms with Gasteiger partial charge in [-0.1, -0.05) is 30.1 Å². The summed E-state index contributed by atoms with van der Waals surface area (Å²) in [6.45, 7) is 1.98. The van der Waals surface area contributed by atoms with Crippen LogP contribution in [0, 0.1) is 10.1 Å². The molecule has 0 aliphatic rings. The zero-order valence-corrected chi connectivity index (χ0v) is 12.1. The van der Waals surface area contributed by atoms with E-state index in [1.165, 1.54) is 12.1 Å². The first-order valence-electron chi connectivity index (χ1n) is 5.92. The van der Waals surface area contributed by atoms with Crippen LogP contribution in [-0.2, 0) is 0 Å². The Kier molecular flexibility index (Phi) is 4.46. The monoisotopic (exact) mass is 314 g/mol. The Balaban J connectivity index is 2.31. The summed E-state index contributed by atoms with van der Waals surface area (Å²) >= 11 is 12.1. The third kappa shape index (κ3) is 3.02. The number of nitro groups is 1. The molecule has 20 heavy (non-hydrogen) atoms. The van der Waals surface area contributed by atoms with E-state index in [2.05, 4.69) is 15.3 Å². The highest BCUT2D eigenvalue weighted by atomic mass is 35.5. The number of nitro benzene ring substituents is 1. The van der Waals surface area contributed by atoms with E-state index >= 15 is 0 Å². The molecule has 0 saturated carbocycles. The fourth-order valence-electron chi connectivity index (χ4n) is 1.81. The topological polar surface area (TPSA) is 83.8 Å². The molecule has 2 N–H and O–H groups in total. The summed E-state index contributed by atoms with van der Waals surface area (Å²) in [5.41, 5.74) is 0.318. The number of rotatable bonds is 5. The summed E-state index contributed by atoms with van der Waals surface area (Å²) in [5, 5.41) is 14.3. The maximum atomic E-state index is 10.7. The lowest BCUT2D eigenvalue weighted by molar-refractivity contribution is -0.384. The number of H-pyrrole nitrogens is 1. The molecule has 6 nitrogen and oxygen atoms in total. The molecule has 1 unspecified atom stereocenters. The lowest BCUT2D eigenvalue weighted by Gasteiger charge is -2.18. The van der Waals surface area contributed by atoms with Crippen LogP contribution in [0.2, 0.25) is 10.0 Å². The van der Waals surface area contributed by atoms with Gasteiger partial charge in [-0.25, -0.2) is 4.98 Å². The minimum Gasteiger partial charge on any atom is -0.373 e. The van der Waals surface area contributed by atoms with Gasteiger partial charge in [0.05, 0.1) is 26.7 Å². The number of benzene rings is 1.